The minimum atomic E-state index is -5.44. The third kappa shape index (κ3) is 5.96. The summed E-state index contributed by atoms with van der Waals surface area (Å²) in [6.45, 7) is 1.00. The summed E-state index contributed by atoms with van der Waals surface area (Å²) in [6.07, 6.45) is -13.6. The van der Waals surface area contributed by atoms with Crippen LogP contribution in [0.15, 0.2) is 0 Å². The molecule has 0 aliphatic carbocycles. The molecule has 0 spiro atoms. The molecule has 0 aliphatic rings. The van der Waals surface area contributed by atoms with Crippen LogP contribution < -0.4 is 0 Å². The predicted molar refractivity (Wildman–Crippen MR) is 53.2 cm³/mol. The molecule has 1 nitrogen and oxygen atoms in total. The molecule has 10 heteroatoms. The lowest BCUT2D eigenvalue weighted by Crippen LogP contribution is -2.49. The molecule has 0 saturated heterocycles. The highest BCUT2D eigenvalue weighted by atomic mass is 32.2. The maximum absolute atomic E-state index is 13.0. The van der Waals surface area contributed by atoms with E-state index in [9.17, 15) is 39.9 Å². The van der Waals surface area contributed by atoms with Crippen molar-refractivity contribution in [2.75, 3.05) is 5.75 Å². The average molecular weight is 318 g/mol. The van der Waals surface area contributed by atoms with Gasteiger partial charge < -0.3 is 0 Å². The lowest BCUT2D eigenvalue weighted by atomic mass is 10.0. The van der Waals surface area contributed by atoms with Crippen molar-refractivity contribution in [2.45, 2.75) is 44.0 Å². The minimum absolute atomic E-state index is 0.302. The molecular formula is C9H10F8OS. The summed E-state index contributed by atoms with van der Waals surface area (Å²) in [7, 11) is 0. The van der Waals surface area contributed by atoms with Crippen molar-refractivity contribution in [3.05, 3.63) is 0 Å². The summed E-state index contributed by atoms with van der Waals surface area (Å²) in [4.78, 5) is 10.4. The SMILES string of the molecule is CC(=O)SCCC(F)(F)C(F)(F)C(F)CC(F)(F)F. The highest BCUT2D eigenvalue weighted by Crippen LogP contribution is 2.44. The first-order valence-corrected chi connectivity index (χ1v) is 5.88. The van der Waals surface area contributed by atoms with Crippen molar-refractivity contribution in [3.63, 3.8) is 0 Å². The van der Waals surface area contributed by atoms with Crippen molar-refractivity contribution >= 4 is 16.9 Å². The van der Waals surface area contributed by atoms with Gasteiger partial charge in [0.15, 0.2) is 11.3 Å². The van der Waals surface area contributed by atoms with Gasteiger partial charge in [-0.25, -0.2) is 4.39 Å². The second-order valence-corrected chi connectivity index (χ2v) is 4.98. The van der Waals surface area contributed by atoms with Gasteiger partial charge >= 0.3 is 18.0 Å². The number of alkyl halides is 8. The van der Waals surface area contributed by atoms with E-state index in [-0.39, 0.29) is 0 Å². The van der Waals surface area contributed by atoms with Crippen LogP contribution in [0.4, 0.5) is 35.1 Å². The van der Waals surface area contributed by atoms with Crippen LogP contribution in [0.1, 0.15) is 19.8 Å². The Morgan fingerprint density at radius 3 is 1.95 bits per heavy atom. The Hall–Kier alpha value is -0.540. The zero-order valence-corrected chi connectivity index (χ0v) is 10.4. The summed E-state index contributed by atoms with van der Waals surface area (Å²) in [5.41, 5.74) is 0. The van der Waals surface area contributed by atoms with E-state index in [1.807, 2.05) is 0 Å². The fraction of sp³-hybridized carbons (Fsp3) is 0.889. The Morgan fingerprint density at radius 1 is 1.11 bits per heavy atom. The van der Waals surface area contributed by atoms with Gasteiger partial charge in [0.25, 0.3) is 0 Å². The van der Waals surface area contributed by atoms with Gasteiger partial charge in [0, 0.05) is 19.1 Å². The molecule has 0 aliphatic heterocycles. The maximum atomic E-state index is 13.0. The van der Waals surface area contributed by atoms with Crippen LogP contribution in [0.3, 0.4) is 0 Å². The van der Waals surface area contributed by atoms with Crippen molar-refractivity contribution in [2.24, 2.45) is 0 Å². The van der Waals surface area contributed by atoms with Gasteiger partial charge in [-0.1, -0.05) is 11.8 Å². The van der Waals surface area contributed by atoms with E-state index in [1.165, 1.54) is 0 Å². The average Bonchev–Trinajstić information content (AvgIpc) is 2.13. The zero-order chi connectivity index (χ0) is 15.5. The molecule has 0 saturated carbocycles. The topological polar surface area (TPSA) is 17.1 Å². The Kier molecular flexibility index (Phi) is 6.10. The van der Waals surface area contributed by atoms with Crippen molar-refractivity contribution in [1.29, 1.82) is 0 Å². The quantitative estimate of drug-likeness (QED) is 0.682. The monoisotopic (exact) mass is 318 g/mol. The van der Waals surface area contributed by atoms with E-state index in [1.54, 1.807) is 0 Å². The molecule has 1 atom stereocenters. The Balaban J connectivity index is 4.70. The largest absolute Gasteiger partial charge is 0.392 e. The van der Waals surface area contributed by atoms with Gasteiger partial charge in [-0.2, -0.15) is 30.7 Å². The van der Waals surface area contributed by atoms with Crippen LogP contribution in [-0.2, 0) is 4.79 Å². The summed E-state index contributed by atoms with van der Waals surface area (Å²) in [5, 5.41) is -0.619. The van der Waals surface area contributed by atoms with Gasteiger partial charge in [0.1, 0.15) is 0 Å². The fourth-order valence-corrected chi connectivity index (χ4v) is 1.70. The van der Waals surface area contributed by atoms with Crippen LogP contribution in [0.25, 0.3) is 0 Å². The van der Waals surface area contributed by atoms with E-state index >= 15 is 0 Å². The normalized spacial score (nSPS) is 15.4. The smallest absolute Gasteiger partial charge is 0.288 e. The second-order valence-electron chi connectivity index (χ2n) is 3.70. The molecule has 0 aromatic rings. The van der Waals surface area contributed by atoms with E-state index in [0.717, 1.165) is 6.92 Å². The molecule has 0 aromatic carbocycles. The van der Waals surface area contributed by atoms with Crippen LogP contribution in [0.2, 0.25) is 0 Å². The van der Waals surface area contributed by atoms with Crippen LogP contribution in [-0.4, -0.2) is 35.1 Å². The summed E-state index contributed by atoms with van der Waals surface area (Å²) in [6, 6.07) is 0. The number of hydrogen-bond acceptors (Lipinski definition) is 2. The standard InChI is InChI=1S/C9H10F8OS/c1-5(18)19-3-2-7(11,12)9(16,17)6(10)4-8(13,14)15/h6H,2-4H2,1H3. The minimum Gasteiger partial charge on any atom is -0.288 e. The first-order chi connectivity index (χ1) is 8.29. The molecule has 19 heavy (non-hydrogen) atoms. The fourth-order valence-electron chi connectivity index (χ4n) is 1.05. The molecule has 0 heterocycles. The van der Waals surface area contributed by atoms with Gasteiger partial charge in [0.2, 0.25) is 0 Å². The number of hydrogen-bond donors (Lipinski definition) is 0. The number of carbonyl (C=O) groups excluding carboxylic acids is 1. The summed E-state index contributed by atoms with van der Waals surface area (Å²) in [5.74, 6) is -11.1. The number of carbonyl (C=O) groups is 1. The molecule has 0 radical (unpaired) electrons. The van der Waals surface area contributed by atoms with Gasteiger partial charge in [-0.15, -0.1) is 0 Å². The molecule has 0 aromatic heterocycles. The van der Waals surface area contributed by atoms with Crippen LogP contribution >= 0.6 is 11.8 Å². The Morgan fingerprint density at radius 2 is 1.58 bits per heavy atom. The first kappa shape index (κ1) is 18.5. The second kappa shape index (κ2) is 6.27. The Bertz CT molecular complexity index is 314. The molecule has 114 valence electrons. The molecule has 0 amide bonds. The number of halogens is 8. The number of thioether (sulfide) groups is 1. The molecule has 0 bridgehead atoms. The van der Waals surface area contributed by atoms with E-state index in [4.69, 9.17) is 0 Å². The van der Waals surface area contributed by atoms with E-state index in [0.29, 0.717) is 11.8 Å². The third-order valence-corrected chi connectivity index (χ3v) is 2.83. The maximum Gasteiger partial charge on any atom is 0.392 e. The molecular weight excluding hydrogens is 308 g/mol. The highest BCUT2D eigenvalue weighted by molar-refractivity contribution is 8.13. The molecule has 0 fully saturated rings. The third-order valence-electron chi connectivity index (χ3n) is 2.01. The summed E-state index contributed by atoms with van der Waals surface area (Å²) >= 11 is 0.302. The van der Waals surface area contributed by atoms with Crippen LogP contribution in [0.5, 0.6) is 0 Å². The van der Waals surface area contributed by atoms with Crippen molar-refractivity contribution in [3.8, 4) is 0 Å². The molecule has 1 unspecified atom stereocenters. The highest BCUT2D eigenvalue weighted by Gasteiger charge is 2.62. The predicted octanol–water partition coefficient (Wildman–Crippen LogP) is 4.22. The molecule has 0 N–H and O–H groups in total. The van der Waals surface area contributed by atoms with Gasteiger partial charge in [-0.05, 0) is 0 Å². The lowest BCUT2D eigenvalue weighted by Gasteiger charge is -2.29. The summed E-state index contributed by atoms with van der Waals surface area (Å²) < 4.78 is 99.7. The number of rotatable bonds is 6. The zero-order valence-electron chi connectivity index (χ0n) is 9.54. The van der Waals surface area contributed by atoms with E-state index < -0.39 is 47.9 Å². The van der Waals surface area contributed by atoms with Gasteiger partial charge in [-0.3, -0.25) is 4.79 Å². The molecule has 0 rings (SSSR count). The lowest BCUT2D eigenvalue weighted by molar-refractivity contribution is -0.257. The van der Waals surface area contributed by atoms with Gasteiger partial charge in [0.05, 0.1) is 6.42 Å². The van der Waals surface area contributed by atoms with Crippen molar-refractivity contribution in [1.82, 2.24) is 0 Å². The van der Waals surface area contributed by atoms with E-state index in [2.05, 4.69) is 0 Å². The van der Waals surface area contributed by atoms with Crippen LogP contribution in [0, 0.1) is 0 Å². The Labute approximate surface area is 107 Å². The first-order valence-electron chi connectivity index (χ1n) is 4.89. The van der Waals surface area contributed by atoms with Crippen molar-refractivity contribution < 1.29 is 39.9 Å².